The second kappa shape index (κ2) is 5.77. The summed E-state index contributed by atoms with van der Waals surface area (Å²) in [5.74, 6) is 2.54. The molecule has 0 aromatic carbocycles. The Labute approximate surface area is 101 Å². The Hall–Kier alpha value is -0.420. The lowest BCUT2D eigenvalue weighted by molar-refractivity contribution is 0.132. The van der Waals surface area contributed by atoms with Gasteiger partial charge in [-0.25, -0.2) is 4.79 Å². The van der Waals surface area contributed by atoms with Gasteiger partial charge in [-0.1, -0.05) is 0 Å². The lowest BCUT2D eigenvalue weighted by Crippen LogP contribution is -2.42. The third-order valence-electron chi connectivity index (χ3n) is 3.31. The Morgan fingerprint density at radius 1 is 1.31 bits per heavy atom. The fraction of sp³-hybridized carbons (Fsp3) is 0.909. The van der Waals surface area contributed by atoms with Crippen molar-refractivity contribution < 1.29 is 9.53 Å². The Kier molecular flexibility index (Phi) is 4.35. The first-order chi connectivity index (χ1) is 7.79. The summed E-state index contributed by atoms with van der Waals surface area (Å²) in [5.41, 5.74) is 0. The molecule has 5 heteroatoms. The minimum atomic E-state index is -0.191. The van der Waals surface area contributed by atoms with Gasteiger partial charge in [0.2, 0.25) is 0 Å². The van der Waals surface area contributed by atoms with Crippen LogP contribution in [0, 0.1) is 0 Å². The summed E-state index contributed by atoms with van der Waals surface area (Å²) in [6, 6.07) is 1.12. The molecule has 0 aliphatic carbocycles. The predicted molar refractivity (Wildman–Crippen MR) is 65.9 cm³/mol. The van der Waals surface area contributed by atoms with Gasteiger partial charge >= 0.3 is 6.09 Å². The van der Waals surface area contributed by atoms with E-state index in [1.54, 1.807) is 4.90 Å². The number of nitrogens with one attached hydrogen (secondary N) is 1. The Balaban J connectivity index is 1.73. The van der Waals surface area contributed by atoms with E-state index in [4.69, 9.17) is 4.74 Å². The van der Waals surface area contributed by atoms with Crippen LogP contribution in [-0.4, -0.2) is 54.8 Å². The number of hydrogen-bond acceptors (Lipinski definition) is 4. The third kappa shape index (κ3) is 3.04. The van der Waals surface area contributed by atoms with Gasteiger partial charge in [0.05, 0.1) is 7.11 Å². The van der Waals surface area contributed by atoms with E-state index in [2.05, 4.69) is 5.32 Å². The zero-order valence-corrected chi connectivity index (χ0v) is 10.6. The second-order valence-electron chi connectivity index (χ2n) is 4.45. The minimum Gasteiger partial charge on any atom is -0.453 e. The van der Waals surface area contributed by atoms with E-state index in [0.717, 1.165) is 19.5 Å². The van der Waals surface area contributed by atoms with Crippen molar-refractivity contribution >= 4 is 17.9 Å². The first kappa shape index (κ1) is 12.0. The van der Waals surface area contributed by atoms with Crippen LogP contribution < -0.4 is 5.32 Å². The predicted octanol–water partition coefficient (Wildman–Crippen LogP) is 1.31. The summed E-state index contributed by atoms with van der Waals surface area (Å²) in [4.78, 5) is 13.1. The number of likely N-dealkylation sites (tertiary alicyclic amines) is 1. The van der Waals surface area contributed by atoms with Gasteiger partial charge in [-0.3, -0.25) is 0 Å². The number of carbonyl (C=O) groups is 1. The quantitative estimate of drug-likeness (QED) is 0.795. The van der Waals surface area contributed by atoms with Crippen LogP contribution in [-0.2, 0) is 4.74 Å². The first-order valence-electron chi connectivity index (χ1n) is 5.96. The van der Waals surface area contributed by atoms with Gasteiger partial charge < -0.3 is 15.0 Å². The molecule has 1 N–H and O–H groups in total. The minimum absolute atomic E-state index is 0.191. The molecule has 0 spiro atoms. The average molecular weight is 244 g/mol. The number of amides is 1. The molecule has 2 aliphatic rings. The Bertz CT molecular complexity index is 244. The van der Waals surface area contributed by atoms with Gasteiger partial charge in [0.1, 0.15) is 0 Å². The maximum absolute atomic E-state index is 11.3. The molecule has 16 heavy (non-hydrogen) atoms. The molecule has 2 rings (SSSR count). The highest BCUT2D eigenvalue weighted by atomic mass is 32.2. The van der Waals surface area contributed by atoms with Crippen LogP contribution in [0.15, 0.2) is 0 Å². The monoisotopic (exact) mass is 244 g/mol. The lowest BCUT2D eigenvalue weighted by atomic mass is 10.1. The zero-order chi connectivity index (χ0) is 11.4. The molecule has 0 aromatic rings. The van der Waals surface area contributed by atoms with E-state index >= 15 is 0 Å². The van der Waals surface area contributed by atoms with Crippen molar-refractivity contribution in [2.75, 3.05) is 31.7 Å². The molecule has 1 amide bonds. The van der Waals surface area contributed by atoms with Crippen LogP contribution in [0.25, 0.3) is 0 Å². The molecule has 1 unspecified atom stereocenters. The van der Waals surface area contributed by atoms with Crippen molar-refractivity contribution in [2.24, 2.45) is 0 Å². The van der Waals surface area contributed by atoms with Crippen molar-refractivity contribution in [3.63, 3.8) is 0 Å². The highest BCUT2D eigenvalue weighted by Crippen LogP contribution is 2.19. The van der Waals surface area contributed by atoms with Crippen molar-refractivity contribution in [3.05, 3.63) is 0 Å². The summed E-state index contributed by atoms with van der Waals surface area (Å²) < 4.78 is 4.73. The zero-order valence-electron chi connectivity index (χ0n) is 9.78. The molecule has 0 radical (unpaired) electrons. The van der Waals surface area contributed by atoms with E-state index in [0.29, 0.717) is 12.1 Å². The molecule has 92 valence electrons. The van der Waals surface area contributed by atoms with Crippen LogP contribution in [0.2, 0.25) is 0 Å². The standard InChI is InChI=1S/C11H20N2O2S/c1-15-11(14)13-5-2-10(8-13)12-9-3-6-16-7-4-9/h9-10,12H,2-8H2,1H3. The normalized spacial score (nSPS) is 27.1. The maximum Gasteiger partial charge on any atom is 0.409 e. The van der Waals surface area contributed by atoms with Gasteiger partial charge in [-0.15, -0.1) is 0 Å². The Morgan fingerprint density at radius 2 is 2.06 bits per heavy atom. The molecule has 0 bridgehead atoms. The van der Waals surface area contributed by atoms with E-state index in [-0.39, 0.29) is 6.09 Å². The summed E-state index contributed by atoms with van der Waals surface area (Å²) in [7, 11) is 1.45. The summed E-state index contributed by atoms with van der Waals surface area (Å²) in [6.07, 6.45) is 3.39. The molecular formula is C11H20N2O2S. The topological polar surface area (TPSA) is 41.6 Å². The smallest absolute Gasteiger partial charge is 0.409 e. The molecule has 0 aromatic heterocycles. The van der Waals surface area contributed by atoms with Gasteiger partial charge in [0.25, 0.3) is 0 Å². The highest BCUT2D eigenvalue weighted by Gasteiger charge is 2.28. The molecule has 4 nitrogen and oxygen atoms in total. The summed E-state index contributed by atoms with van der Waals surface area (Å²) >= 11 is 2.04. The third-order valence-corrected chi connectivity index (χ3v) is 4.36. The lowest BCUT2D eigenvalue weighted by Gasteiger charge is -2.26. The van der Waals surface area contributed by atoms with Gasteiger partial charge in [0, 0.05) is 25.2 Å². The van der Waals surface area contributed by atoms with Gasteiger partial charge in [-0.05, 0) is 30.8 Å². The number of methoxy groups -OCH3 is 1. The second-order valence-corrected chi connectivity index (χ2v) is 5.68. The van der Waals surface area contributed by atoms with Crippen LogP contribution in [0.5, 0.6) is 0 Å². The SMILES string of the molecule is COC(=O)N1CCC(NC2CCSCC2)C1. The molecule has 2 heterocycles. The highest BCUT2D eigenvalue weighted by molar-refractivity contribution is 7.99. The van der Waals surface area contributed by atoms with Crippen LogP contribution in [0.3, 0.4) is 0 Å². The van der Waals surface area contributed by atoms with Gasteiger partial charge in [-0.2, -0.15) is 11.8 Å². The molecule has 0 saturated carbocycles. The summed E-state index contributed by atoms with van der Waals surface area (Å²) in [6.45, 7) is 1.63. The molecule has 2 aliphatic heterocycles. The Morgan fingerprint density at radius 3 is 2.75 bits per heavy atom. The molecule has 2 saturated heterocycles. The number of ether oxygens (including phenoxy) is 1. The van der Waals surface area contributed by atoms with Crippen LogP contribution in [0.4, 0.5) is 4.79 Å². The molecular weight excluding hydrogens is 224 g/mol. The maximum atomic E-state index is 11.3. The first-order valence-corrected chi connectivity index (χ1v) is 7.11. The van der Waals surface area contributed by atoms with E-state index in [9.17, 15) is 4.79 Å². The molecule has 1 atom stereocenters. The number of nitrogens with zero attached hydrogens (tertiary/aromatic N) is 1. The average Bonchev–Trinajstić information content (AvgIpc) is 2.78. The van der Waals surface area contributed by atoms with Gasteiger partial charge in [0.15, 0.2) is 0 Å². The van der Waals surface area contributed by atoms with E-state index < -0.39 is 0 Å². The number of carbonyl (C=O) groups excluding carboxylic acids is 1. The van der Waals surface area contributed by atoms with E-state index in [1.165, 1.54) is 31.5 Å². The molecule has 2 fully saturated rings. The fourth-order valence-corrected chi connectivity index (χ4v) is 3.50. The fourth-order valence-electron chi connectivity index (χ4n) is 2.39. The van der Waals surface area contributed by atoms with Crippen molar-refractivity contribution in [2.45, 2.75) is 31.3 Å². The summed E-state index contributed by atoms with van der Waals surface area (Å²) in [5, 5.41) is 3.66. The largest absolute Gasteiger partial charge is 0.453 e. The van der Waals surface area contributed by atoms with Crippen LogP contribution in [0.1, 0.15) is 19.3 Å². The number of thioether (sulfide) groups is 1. The van der Waals surface area contributed by atoms with E-state index in [1.807, 2.05) is 11.8 Å². The van der Waals surface area contributed by atoms with Crippen molar-refractivity contribution in [1.29, 1.82) is 0 Å². The number of hydrogen-bond donors (Lipinski definition) is 1. The van der Waals surface area contributed by atoms with Crippen molar-refractivity contribution in [1.82, 2.24) is 10.2 Å². The van der Waals surface area contributed by atoms with Crippen molar-refractivity contribution in [3.8, 4) is 0 Å². The number of rotatable bonds is 2. The van der Waals surface area contributed by atoms with Crippen LogP contribution >= 0.6 is 11.8 Å².